The topological polar surface area (TPSA) is 95.7 Å². The molecule has 32 heavy (non-hydrogen) atoms. The molecule has 0 amide bonds. The number of carbonyl (C=O) groups is 3. The van der Waals surface area contributed by atoms with Gasteiger partial charge in [-0.05, 0) is 80.0 Å². The van der Waals surface area contributed by atoms with Gasteiger partial charge in [-0.3, -0.25) is 9.59 Å². The number of ether oxygens (including phenoxy) is 2. The number of benzene rings is 2. The lowest BCUT2D eigenvalue weighted by atomic mass is 10.1. The lowest BCUT2D eigenvalue weighted by Crippen LogP contribution is -2.07. The molecule has 3 rings (SSSR count). The molecule has 0 spiro atoms. The Morgan fingerprint density at radius 3 is 2.09 bits per heavy atom. The maximum Gasteiger partial charge on any atom is 0.338 e. The van der Waals surface area contributed by atoms with Gasteiger partial charge in [0.15, 0.2) is 0 Å². The van der Waals surface area contributed by atoms with Gasteiger partial charge in [0.25, 0.3) is 0 Å². The molecule has 172 valence electrons. The van der Waals surface area contributed by atoms with Crippen LogP contribution in [0.25, 0.3) is 5.57 Å². The number of esters is 2. The minimum atomic E-state index is -0.440. The van der Waals surface area contributed by atoms with Gasteiger partial charge in [-0.2, -0.15) is 0 Å². The molecule has 7 heteroatoms. The third-order valence-corrected chi connectivity index (χ3v) is 5.23. The van der Waals surface area contributed by atoms with Crippen LogP contribution >= 0.6 is 22.6 Å². The zero-order valence-electron chi connectivity index (χ0n) is 18.9. The van der Waals surface area contributed by atoms with Crippen LogP contribution in [0.4, 0.5) is 5.69 Å². The van der Waals surface area contributed by atoms with Crippen LogP contribution in [0.3, 0.4) is 0 Å². The van der Waals surface area contributed by atoms with E-state index in [1.807, 2.05) is 56.3 Å². The summed E-state index contributed by atoms with van der Waals surface area (Å²) in [6.45, 7) is 7.65. The Morgan fingerprint density at radius 2 is 1.56 bits per heavy atom. The first kappa shape index (κ1) is 27.4. The highest BCUT2D eigenvalue weighted by Gasteiger charge is 2.24. The lowest BCUT2D eigenvalue weighted by molar-refractivity contribution is -0.145. The summed E-state index contributed by atoms with van der Waals surface area (Å²) in [5.41, 5.74) is 10.5. The molecule has 0 fully saturated rings. The first-order chi connectivity index (χ1) is 15.2. The fourth-order valence-corrected chi connectivity index (χ4v) is 3.29. The molecular formula is C25H30INO5. The molecule has 0 aromatic heterocycles. The van der Waals surface area contributed by atoms with E-state index < -0.39 is 5.97 Å². The molecule has 0 saturated carbocycles. The number of para-hydroxylation sites is 1. The van der Waals surface area contributed by atoms with E-state index in [1.54, 1.807) is 6.92 Å². The average Bonchev–Trinajstić information content (AvgIpc) is 3.07. The Labute approximate surface area is 203 Å². The highest BCUT2D eigenvalue weighted by atomic mass is 127. The number of rotatable bonds is 5. The number of halogens is 1. The molecule has 0 unspecified atom stereocenters. The molecule has 0 saturated heterocycles. The van der Waals surface area contributed by atoms with E-state index in [1.165, 1.54) is 12.5 Å². The summed E-state index contributed by atoms with van der Waals surface area (Å²) >= 11 is 2.20. The van der Waals surface area contributed by atoms with Crippen LogP contribution in [-0.4, -0.2) is 30.9 Å². The first-order valence-corrected chi connectivity index (χ1v) is 11.4. The Balaban J connectivity index is 0.000000260. The Morgan fingerprint density at radius 1 is 0.969 bits per heavy atom. The summed E-state index contributed by atoms with van der Waals surface area (Å²) in [6.07, 6.45) is 0.762. The maximum atomic E-state index is 11.7. The molecule has 6 nitrogen and oxygen atoms in total. The van der Waals surface area contributed by atoms with Gasteiger partial charge < -0.3 is 15.2 Å². The molecule has 2 aromatic carbocycles. The summed E-state index contributed by atoms with van der Waals surface area (Å²) in [4.78, 5) is 32.4. The second kappa shape index (κ2) is 14.4. The summed E-state index contributed by atoms with van der Waals surface area (Å²) < 4.78 is 10.7. The molecule has 0 heterocycles. The summed E-state index contributed by atoms with van der Waals surface area (Å²) in [5, 5.41) is 0. The van der Waals surface area contributed by atoms with Gasteiger partial charge in [-0.25, -0.2) is 4.79 Å². The van der Waals surface area contributed by atoms with Crippen LogP contribution in [0.1, 0.15) is 45.2 Å². The van der Waals surface area contributed by atoms with Crippen molar-refractivity contribution in [3.8, 4) is 0 Å². The van der Waals surface area contributed by atoms with Crippen molar-refractivity contribution in [2.24, 2.45) is 0 Å². The van der Waals surface area contributed by atoms with Crippen LogP contribution in [0.2, 0.25) is 0 Å². The second-order valence-electron chi connectivity index (χ2n) is 6.92. The monoisotopic (exact) mass is 551 g/mol. The SMILES string of the molecule is CCOC(=O)C1=C(C)Cc2ccccc21.CCOC(=O)CC(C)=O.Nc1ccccc1I. The predicted molar refractivity (Wildman–Crippen MR) is 135 cm³/mol. The van der Waals surface area contributed by atoms with Crippen LogP contribution < -0.4 is 5.73 Å². The summed E-state index contributed by atoms with van der Waals surface area (Å²) in [7, 11) is 0. The number of Topliss-reactive ketones (excluding diaryl/α,β-unsaturated/α-hetero) is 1. The summed E-state index contributed by atoms with van der Waals surface area (Å²) in [6, 6.07) is 15.8. The van der Waals surface area contributed by atoms with Crippen LogP contribution in [0.15, 0.2) is 54.1 Å². The van der Waals surface area contributed by atoms with E-state index in [2.05, 4.69) is 33.4 Å². The molecule has 2 aromatic rings. The fraction of sp³-hybridized carbons (Fsp3) is 0.320. The third-order valence-electron chi connectivity index (χ3n) is 4.25. The Bertz CT molecular complexity index is 947. The zero-order chi connectivity index (χ0) is 24.1. The van der Waals surface area contributed by atoms with Crippen LogP contribution in [0.5, 0.6) is 0 Å². The third kappa shape index (κ3) is 9.21. The van der Waals surface area contributed by atoms with Gasteiger partial charge in [0, 0.05) is 9.26 Å². The number of carbonyl (C=O) groups excluding carboxylic acids is 3. The van der Waals surface area contributed by atoms with Crippen molar-refractivity contribution in [3.05, 3.63) is 68.8 Å². The normalized spacial score (nSPS) is 11.3. The number of nitrogens with two attached hydrogens (primary N) is 1. The number of ketones is 1. The van der Waals surface area contributed by atoms with E-state index >= 15 is 0 Å². The molecule has 2 N–H and O–H groups in total. The fourth-order valence-electron chi connectivity index (χ4n) is 2.90. The van der Waals surface area contributed by atoms with Gasteiger partial charge in [0.2, 0.25) is 0 Å². The van der Waals surface area contributed by atoms with Crippen molar-refractivity contribution in [3.63, 3.8) is 0 Å². The molecule has 0 radical (unpaired) electrons. The Hall–Kier alpha value is -2.68. The van der Waals surface area contributed by atoms with E-state index in [0.29, 0.717) is 13.2 Å². The van der Waals surface area contributed by atoms with E-state index in [0.717, 1.165) is 32.4 Å². The molecule has 0 bridgehead atoms. The molecule has 1 aliphatic rings. The minimum Gasteiger partial charge on any atom is -0.466 e. The van der Waals surface area contributed by atoms with Crippen LogP contribution in [0, 0.1) is 3.57 Å². The van der Waals surface area contributed by atoms with Gasteiger partial charge in [0.05, 0.1) is 18.8 Å². The van der Waals surface area contributed by atoms with E-state index in [4.69, 9.17) is 10.5 Å². The summed E-state index contributed by atoms with van der Waals surface area (Å²) in [5.74, 6) is -0.793. The first-order valence-electron chi connectivity index (χ1n) is 10.3. The Kier molecular flexibility index (Phi) is 12.3. The van der Waals surface area contributed by atoms with E-state index in [-0.39, 0.29) is 18.2 Å². The van der Waals surface area contributed by atoms with Crippen molar-refractivity contribution in [1.29, 1.82) is 0 Å². The second-order valence-corrected chi connectivity index (χ2v) is 8.08. The van der Waals surface area contributed by atoms with Gasteiger partial charge in [-0.15, -0.1) is 0 Å². The lowest BCUT2D eigenvalue weighted by Gasteiger charge is -2.05. The number of nitrogen functional groups attached to an aromatic ring is 1. The van der Waals surface area contributed by atoms with Crippen molar-refractivity contribution >= 4 is 51.6 Å². The van der Waals surface area contributed by atoms with Gasteiger partial charge >= 0.3 is 11.9 Å². The standard InChI is InChI=1S/C13H14O2.C6H6IN.C6H10O3/c1-3-15-13(14)12-9(2)8-10-6-4-5-7-11(10)12;7-5-3-1-2-4-6(5)8;1-3-9-6(8)4-5(2)7/h4-7H,3,8H2,1-2H3;1-4H,8H2;3-4H2,1-2H3. The molecule has 1 aliphatic carbocycles. The zero-order valence-corrected chi connectivity index (χ0v) is 21.1. The number of allylic oxidation sites excluding steroid dienone is 1. The molecular weight excluding hydrogens is 521 g/mol. The highest BCUT2D eigenvalue weighted by Crippen LogP contribution is 2.33. The quantitative estimate of drug-likeness (QED) is 0.244. The van der Waals surface area contributed by atoms with Crippen molar-refractivity contribution < 1.29 is 23.9 Å². The average molecular weight is 551 g/mol. The highest BCUT2D eigenvalue weighted by molar-refractivity contribution is 14.1. The maximum absolute atomic E-state index is 11.7. The molecule has 0 aliphatic heterocycles. The number of fused-ring (bicyclic) bond motifs is 1. The van der Waals surface area contributed by atoms with Crippen molar-refractivity contribution in [1.82, 2.24) is 0 Å². The number of hydrogen-bond donors (Lipinski definition) is 1. The van der Waals surface area contributed by atoms with Crippen molar-refractivity contribution in [2.45, 2.75) is 40.5 Å². The minimum absolute atomic E-state index is 0.103. The smallest absolute Gasteiger partial charge is 0.338 e. The van der Waals surface area contributed by atoms with Gasteiger partial charge in [0.1, 0.15) is 12.2 Å². The van der Waals surface area contributed by atoms with E-state index in [9.17, 15) is 14.4 Å². The van der Waals surface area contributed by atoms with Crippen molar-refractivity contribution in [2.75, 3.05) is 18.9 Å². The number of hydrogen-bond acceptors (Lipinski definition) is 6. The number of anilines is 1. The van der Waals surface area contributed by atoms with Gasteiger partial charge in [-0.1, -0.05) is 42.0 Å². The predicted octanol–water partition coefficient (Wildman–Crippen LogP) is 4.98. The molecule has 0 atom stereocenters. The van der Waals surface area contributed by atoms with Crippen LogP contribution in [-0.2, 0) is 30.3 Å². The largest absolute Gasteiger partial charge is 0.466 e.